The van der Waals surface area contributed by atoms with Gasteiger partial charge in [-0.25, -0.2) is 0 Å². The molecule has 20 heavy (non-hydrogen) atoms. The van der Waals surface area contributed by atoms with Crippen LogP contribution in [-0.4, -0.2) is 28.5 Å². The van der Waals surface area contributed by atoms with Crippen LogP contribution in [0.25, 0.3) is 0 Å². The molecule has 0 saturated heterocycles. The maximum absolute atomic E-state index is 12.4. The van der Waals surface area contributed by atoms with Crippen molar-refractivity contribution in [2.75, 3.05) is 6.54 Å². The van der Waals surface area contributed by atoms with Crippen LogP contribution in [0.5, 0.6) is 5.75 Å². The van der Waals surface area contributed by atoms with E-state index >= 15 is 0 Å². The number of benzene rings is 1. The minimum atomic E-state index is -0.406. The Kier molecular flexibility index (Phi) is 5.01. The van der Waals surface area contributed by atoms with Crippen LogP contribution in [0.4, 0.5) is 0 Å². The van der Waals surface area contributed by atoms with Gasteiger partial charge in [-0.2, -0.15) is 0 Å². The average Bonchev–Trinajstić information content (AvgIpc) is 3.21. The van der Waals surface area contributed by atoms with E-state index in [4.69, 9.17) is 5.73 Å². The fraction of sp³-hybridized carbons (Fsp3) is 0.562. The van der Waals surface area contributed by atoms with Gasteiger partial charge in [-0.3, -0.25) is 4.79 Å². The van der Waals surface area contributed by atoms with E-state index in [0.717, 1.165) is 24.9 Å². The van der Waals surface area contributed by atoms with E-state index in [2.05, 4.69) is 0 Å². The molecule has 1 saturated carbocycles. The van der Waals surface area contributed by atoms with Crippen LogP contribution < -0.4 is 5.73 Å². The van der Waals surface area contributed by atoms with Crippen molar-refractivity contribution in [3.63, 3.8) is 0 Å². The molecular weight excluding hydrogens is 252 g/mol. The summed E-state index contributed by atoms with van der Waals surface area (Å²) in [4.78, 5) is 14.3. The Labute approximate surface area is 120 Å². The Morgan fingerprint density at radius 3 is 2.85 bits per heavy atom. The average molecular weight is 276 g/mol. The molecule has 1 aliphatic rings. The second-order valence-electron chi connectivity index (χ2n) is 5.73. The van der Waals surface area contributed by atoms with E-state index in [1.807, 2.05) is 17.9 Å². The predicted octanol–water partition coefficient (Wildman–Crippen LogP) is 2.26. The molecule has 1 aliphatic carbocycles. The van der Waals surface area contributed by atoms with Crippen LogP contribution in [0.1, 0.15) is 38.2 Å². The van der Waals surface area contributed by atoms with Gasteiger partial charge < -0.3 is 15.7 Å². The number of phenolic OH excluding ortho intramolecular Hbond substituents is 1. The van der Waals surface area contributed by atoms with Crippen molar-refractivity contribution in [3.8, 4) is 5.75 Å². The summed E-state index contributed by atoms with van der Waals surface area (Å²) in [5.74, 6) is 0.895. The molecule has 0 heterocycles. The molecule has 0 bridgehead atoms. The van der Waals surface area contributed by atoms with E-state index in [9.17, 15) is 9.90 Å². The van der Waals surface area contributed by atoms with Gasteiger partial charge in [-0.15, -0.1) is 0 Å². The summed E-state index contributed by atoms with van der Waals surface area (Å²) in [5, 5.41) is 9.52. The van der Waals surface area contributed by atoms with Gasteiger partial charge in [0.15, 0.2) is 0 Å². The molecular formula is C16H24N2O2. The number of nitrogens with zero attached hydrogens (tertiary/aromatic N) is 1. The molecule has 0 spiro atoms. The molecule has 1 unspecified atom stereocenters. The zero-order valence-electron chi connectivity index (χ0n) is 12.1. The summed E-state index contributed by atoms with van der Waals surface area (Å²) in [6.07, 6.45) is 4.04. The number of amides is 1. The van der Waals surface area contributed by atoms with Crippen molar-refractivity contribution >= 4 is 5.91 Å². The van der Waals surface area contributed by atoms with E-state index < -0.39 is 6.04 Å². The highest BCUT2D eigenvalue weighted by atomic mass is 16.3. The molecule has 0 aliphatic heterocycles. The van der Waals surface area contributed by atoms with E-state index in [1.54, 1.807) is 18.2 Å². The van der Waals surface area contributed by atoms with Gasteiger partial charge in [0.2, 0.25) is 5.91 Å². The molecule has 0 aromatic heterocycles. The second kappa shape index (κ2) is 6.75. The van der Waals surface area contributed by atoms with Gasteiger partial charge in [0.25, 0.3) is 0 Å². The standard InChI is InChI=1S/C16H24N2O2/c1-2-4-15(17)16(20)18(10-12-7-8-12)11-13-5-3-6-14(19)9-13/h3,5-6,9,12,15,19H,2,4,7-8,10-11,17H2,1H3. The summed E-state index contributed by atoms with van der Waals surface area (Å²) >= 11 is 0. The highest BCUT2D eigenvalue weighted by Crippen LogP contribution is 2.30. The summed E-state index contributed by atoms with van der Waals surface area (Å²) < 4.78 is 0. The van der Waals surface area contributed by atoms with Gasteiger partial charge in [0.05, 0.1) is 6.04 Å². The first kappa shape index (κ1) is 14.9. The van der Waals surface area contributed by atoms with Crippen LogP contribution >= 0.6 is 0 Å². The number of carbonyl (C=O) groups excluding carboxylic acids is 1. The molecule has 3 N–H and O–H groups in total. The molecule has 1 aromatic rings. The molecule has 1 aromatic carbocycles. The molecule has 4 nitrogen and oxygen atoms in total. The van der Waals surface area contributed by atoms with Crippen molar-refractivity contribution in [1.29, 1.82) is 0 Å². The van der Waals surface area contributed by atoms with Crippen LogP contribution in [0.15, 0.2) is 24.3 Å². The van der Waals surface area contributed by atoms with Gasteiger partial charge >= 0.3 is 0 Å². The third kappa shape index (κ3) is 4.23. The maximum atomic E-state index is 12.4. The first-order chi connectivity index (χ1) is 9.60. The summed E-state index contributed by atoms with van der Waals surface area (Å²) in [6, 6.07) is 6.67. The minimum absolute atomic E-state index is 0.0297. The number of phenols is 1. The smallest absolute Gasteiger partial charge is 0.239 e. The normalized spacial score (nSPS) is 15.9. The lowest BCUT2D eigenvalue weighted by molar-refractivity contribution is -0.133. The zero-order valence-corrected chi connectivity index (χ0v) is 12.1. The Morgan fingerprint density at radius 2 is 2.25 bits per heavy atom. The highest BCUT2D eigenvalue weighted by molar-refractivity contribution is 5.81. The van der Waals surface area contributed by atoms with Crippen molar-refractivity contribution in [1.82, 2.24) is 4.90 Å². The molecule has 1 amide bonds. The molecule has 1 atom stereocenters. The molecule has 4 heteroatoms. The lowest BCUT2D eigenvalue weighted by atomic mass is 10.1. The van der Waals surface area contributed by atoms with Crippen molar-refractivity contribution in [3.05, 3.63) is 29.8 Å². The van der Waals surface area contributed by atoms with Crippen LogP contribution in [0.3, 0.4) is 0 Å². The SMILES string of the molecule is CCCC(N)C(=O)N(Cc1cccc(O)c1)CC1CC1. The van der Waals surface area contributed by atoms with Crippen molar-refractivity contribution < 1.29 is 9.90 Å². The summed E-state index contributed by atoms with van der Waals surface area (Å²) in [5.41, 5.74) is 6.91. The monoisotopic (exact) mass is 276 g/mol. The fourth-order valence-electron chi connectivity index (χ4n) is 2.39. The van der Waals surface area contributed by atoms with Crippen molar-refractivity contribution in [2.24, 2.45) is 11.7 Å². The lowest BCUT2D eigenvalue weighted by Crippen LogP contribution is -2.44. The summed E-state index contributed by atoms with van der Waals surface area (Å²) in [6.45, 7) is 3.35. The number of nitrogens with two attached hydrogens (primary N) is 1. The Balaban J connectivity index is 2.04. The topological polar surface area (TPSA) is 66.6 Å². The molecule has 0 radical (unpaired) electrons. The van der Waals surface area contributed by atoms with Gasteiger partial charge in [-0.1, -0.05) is 25.5 Å². The summed E-state index contributed by atoms with van der Waals surface area (Å²) in [7, 11) is 0. The number of rotatable bonds is 7. The Morgan fingerprint density at radius 1 is 1.50 bits per heavy atom. The van der Waals surface area contributed by atoms with Crippen LogP contribution in [0.2, 0.25) is 0 Å². The Bertz CT molecular complexity index is 458. The van der Waals surface area contributed by atoms with Crippen LogP contribution in [0, 0.1) is 5.92 Å². The molecule has 110 valence electrons. The first-order valence-corrected chi connectivity index (χ1v) is 7.42. The fourth-order valence-corrected chi connectivity index (χ4v) is 2.39. The largest absolute Gasteiger partial charge is 0.508 e. The highest BCUT2D eigenvalue weighted by Gasteiger charge is 2.28. The van der Waals surface area contributed by atoms with Crippen LogP contribution in [-0.2, 0) is 11.3 Å². The van der Waals surface area contributed by atoms with Gasteiger partial charge in [-0.05, 0) is 42.9 Å². The quantitative estimate of drug-likeness (QED) is 0.802. The molecule has 2 rings (SSSR count). The number of aromatic hydroxyl groups is 1. The van der Waals surface area contributed by atoms with E-state index in [-0.39, 0.29) is 11.7 Å². The number of hydrogen-bond acceptors (Lipinski definition) is 3. The Hall–Kier alpha value is -1.55. The maximum Gasteiger partial charge on any atom is 0.239 e. The van der Waals surface area contributed by atoms with E-state index in [0.29, 0.717) is 12.5 Å². The third-order valence-corrected chi connectivity index (χ3v) is 3.69. The van der Waals surface area contributed by atoms with E-state index in [1.165, 1.54) is 12.8 Å². The minimum Gasteiger partial charge on any atom is -0.508 e. The van der Waals surface area contributed by atoms with Gasteiger partial charge in [0, 0.05) is 13.1 Å². The van der Waals surface area contributed by atoms with Crippen molar-refractivity contribution in [2.45, 2.75) is 45.2 Å². The second-order valence-corrected chi connectivity index (χ2v) is 5.73. The zero-order chi connectivity index (χ0) is 14.5. The number of carbonyl (C=O) groups is 1. The molecule has 1 fully saturated rings. The number of hydrogen-bond donors (Lipinski definition) is 2. The third-order valence-electron chi connectivity index (χ3n) is 3.69. The van der Waals surface area contributed by atoms with Gasteiger partial charge in [0.1, 0.15) is 5.75 Å². The first-order valence-electron chi connectivity index (χ1n) is 7.42. The lowest BCUT2D eigenvalue weighted by Gasteiger charge is -2.26. The predicted molar refractivity (Wildman–Crippen MR) is 79.1 cm³/mol.